The fourth-order valence-electron chi connectivity index (χ4n) is 4.03. The molecular weight excluding hydrogens is 498 g/mol. The third-order valence-corrected chi connectivity index (χ3v) is 6.16. The van der Waals surface area contributed by atoms with Gasteiger partial charge in [0.15, 0.2) is 5.96 Å². The Balaban J connectivity index is 2.20. The van der Waals surface area contributed by atoms with Crippen LogP contribution in [0.1, 0.15) is 48.3 Å². The molecule has 13 N–H and O–H groups in total. The second kappa shape index (κ2) is 15.7. The third-order valence-electron chi connectivity index (χ3n) is 6.16. The van der Waals surface area contributed by atoms with Crippen molar-refractivity contribution in [2.75, 3.05) is 13.1 Å². The van der Waals surface area contributed by atoms with E-state index in [1.54, 1.807) is 12.1 Å². The predicted octanol–water partition coefficient (Wildman–Crippen LogP) is -0.456. The van der Waals surface area contributed by atoms with Crippen molar-refractivity contribution in [1.29, 1.82) is 5.41 Å². The Morgan fingerprint density at radius 3 is 2.00 bits per heavy atom. The first-order chi connectivity index (χ1) is 18.6. The molecule has 12 heteroatoms. The zero-order valence-electron chi connectivity index (χ0n) is 21.9. The van der Waals surface area contributed by atoms with Gasteiger partial charge in [-0.1, -0.05) is 54.6 Å². The van der Waals surface area contributed by atoms with Crippen molar-refractivity contribution in [1.82, 2.24) is 10.6 Å². The number of carbonyl (C=O) groups excluding carboxylic acids is 3. The van der Waals surface area contributed by atoms with E-state index in [0.717, 1.165) is 11.1 Å². The summed E-state index contributed by atoms with van der Waals surface area (Å²) in [7, 11) is 0. The second-order valence-electron chi connectivity index (χ2n) is 9.18. The van der Waals surface area contributed by atoms with Crippen LogP contribution >= 0.6 is 0 Å². The summed E-state index contributed by atoms with van der Waals surface area (Å²) in [5.74, 6) is -2.29. The number of amides is 3. The Bertz CT molecular complexity index is 1130. The average molecular weight is 538 g/mol. The molecule has 0 aliphatic rings. The zero-order chi connectivity index (χ0) is 28.8. The SMILES string of the molecule is N=C(N)c1ccc(CC(C(=O)N[C@@H](CCCN)C(=O)N[C@@H](CCCN=C(N)N)C(N)=O)c2ccccc2)cc1. The highest BCUT2D eigenvalue weighted by molar-refractivity contribution is 5.95. The molecule has 0 bridgehead atoms. The lowest BCUT2D eigenvalue weighted by Gasteiger charge is -2.24. The monoisotopic (exact) mass is 537 g/mol. The highest BCUT2D eigenvalue weighted by Gasteiger charge is 2.29. The Morgan fingerprint density at radius 1 is 0.821 bits per heavy atom. The number of primary amides is 1. The number of nitrogen functional groups attached to an aromatic ring is 1. The summed E-state index contributed by atoms with van der Waals surface area (Å²) in [5, 5.41) is 13.1. The van der Waals surface area contributed by atoms with E-state index in [1.165, 1.54) is 0 Å². The molecule has 0 saturated heterocycles. The van der Waals surface area contributed by atoms with Crippen LogP contribution in [-0.4, -0.2) is 54.7 Å². The van der Waals surface area contributed by atoms with Gasteiger partial charge in [0, 0.05) is 12.1 Å². The van der Waals surface area contributed by atoms with Gasteiger partial charge >= 0.3 is 0 Å². The molecule has 12 nitrogen and oxygen atoms in total. The number of carbonyl (C=O) groups is 3. The number of nitrogens with two attached hydrogens (primary N) is 5. The number of hydrogen-bond acceptors (Lipinski definition) is 6. The van der Waals surface area contributed by atoms with E-state index in [9.17, 15) is 14.4 Å². The van der Waals surface area contributed by atoms with Crippen molar-refractivity contribution >= 4 is 29.5 Å². The molecule has 0 spiro atoms. The minimum absolute atomic E-state index is 0.0434. The lowest BCUT2D eigenvalue weighted by molar-refractivity contribution is -0.132. The highest BCUT2D eigenvalue weighted by Crippen LogP contribution is 2.22. The number of rotatable bonds is 16. The van der Waals surface area contributed by atoms with E-state index in [4.69, 9.17) is 34.1 Å². The summed E-state index contributed by atoms with van der Waals surface area (Å²) in [6.07, 6.45) is 1.77. The quantitative estimate of drug-likeness (QED) is 0.0795. The van der Waals surface area contributed by atoms with E-state index in [-0.39, 0.29) is 37.1 Å². The second-order valence-corrected chi connectivity index (χ2v) is 9.18. The van der Waals surface area contributed by atoms with E-state index in [0.29, 0.717) is 31.4 Å². The molecule has 0 aliphatic heterocycles. The van der Waals surface area contributed by atoms with Gasteiger partial charge < -0.3 is 39.3 Å². The molecule has 1 unspecified atom stereocenters. The van der Waals surface area contributed by atoms with Crippen LogP contribution in [0.3, 0.4) is 0 Å². The van der Waals surface area contributed by atoms with E-state index in [1.807, 2.05) is 42.5 Å². The van der Waals surface area contributed by atoms with Gasteiger partial charge in [-0.3, -0.25) is 24.8 Å². The lowest BCUT2D eigenvalue weighted by Crippen LogP contribution is -2.53. The van der Waals surface area contributed by atoms with Gasteiger partial charge in [-0.2, -0.15) is 0 Å². The van der Waals surface area contributed by atoms with E-state index < -0.39 is 29.8 Å². The number of benzene rings is 2. The van der Waals surface area contributed by atoms with Gasteiger partial charge in [0.2, 0.25) is 17.7 Å². The summed E-state index contributed by atoms with van der Waals surface area (Å²) in [6.45, 7) is 0.601. The normalized spacial score (nSPS) is 12.9. The maximum absolute atomic E-state index is 13.6. The molecule has 0 aromatic heterocycles. The Kier molecular flexibility index (Phi) is 12.4. The minimum Gasteiger partial charge on any atom is -0.384 e. The Labute approximate surface area is 228 Å². The standard InChI is InChI=1S/C27H39N9O3/c28-14-4-8-22(26(39)35-21(24(31)37)9-5-15-34-27(32)33)36-25(38)20(18-6-2-1-3-7-18)16-17-10-12-19(13-11-17)23(29)30/h1-3,6-7,10-13,20-22H,4-5,8-9,14-16,28H2,(H3,29,30)(H2,31,37)(H,35,39)(H,36,38)(H4,32,33,34)/t20?,21-,22-/m0/s1. The molecular formula is C27H39N9O3. The largest absolute Gasteiger partial charge is 0.384 e. The number of aliphatic imine (C=N–C) groups is 1. The van der Waals surface area contributed by atoms with Crippen LogP contribution in [0.15, 0.2) is 59.6 Å². The molecule has 3 atom stereocenters. The van der Waals surface area contributed by atoms with Crippen LogP contribution in [0.25, 0.3) is 0 Å². The summed E-state index contributed by atoms with van der Waals surface area (Å²) in [4.78, 5) is 42.6. The first-order valence-electron chi connectivity index (χ1n) is 12.8. The van der Waals surface area contributed by atoms with E-state index in [2.05, 4.69) is 15.6 Å². The molecule has 2 rings (SSSR count). The van der Waals surface area contributed by atoms with Crippen molar-refractivity contribution in [2.45, 2.75) is 50.1 Å². The minimum atomic E-state index is -0.950. The molecule has 3 amide bonds. The van der Waals surface area contributed by atoms with Crippen molar-refractivity contribution < 1.29 is 14.4 Å². The van der Waals surface area contributed by atoms with Crippen LogP contribution in [0, 0.1) is 5.41 Å². The fraction of sp³-hybridized carbons (Fsp3) is 0.370. The van der Waals surface area contributed by atoms with Crippen LogP contribution < -0.4 is 39.3 Å². The van der Waals surface area contributed by atoms with Crippen LogP contribution in [-0.2, 0) is 20.8 Å². The predicted molar refractivity (Wildman–Crippen MR) is 152 cm³/mol. The topological polar surface area (TPSA) is 242 Å². The molecule has 0 radical (unpaired) electrons. The third kappa shape index (κ3) is 10.4. The number of nitrogens with zero attached hydrogens (tertiary/aromatic N) is 1. The Hall–Kier alpha value is -4.45. The molecule has 210 valence electrons. The molecule has 2 aromatic rings. The van der Waals surface area contributed by atoms with Crippen molar-refractivity contribution in [3.05, 3.63) is 71.3 Å². The van der Waals surface area contributed by atoms with Crippen molar-refractivity contribution in [3.8, 4) is 0 Å². The van der Waals surface area contributed by atoms with Crippen molar-refractivity contribution in [3.63, 3.8) is 0 Å². The molecule has 0 fully saturated rings. The summed E-state index contributed by atoms with van der Waals surface area (Å²) >= 11 is 0. The van der Waals surface area contributed by atoms with Crippen LogP contribution in [0.5, 0.6) is 0 Å². The molecule has 0 heterocycles. The number of amidine groups is 1. The zero-order valence-corrected chi connectivity index (χ0v) is 21.9. The fourth-order valence-corrected chi connectivity index (χ4v) is 4.03. The smallest absolute Gasteiger partial charge is 0.243 e. The molecule has 39 heavy (non-hydrogen) atoms. The van der Waals surface area contributed by atoms with Gasteiger partial charge in [0.05, 0.1) is 5.92 Å². The lowest BCUT2D eigenvalue weighted by atomic mass is 9.90. The maximum atomic E-state index is 13.6. The first kappa shape index (κ1) is 30.8. The number of guanidine groups is 1. The number of hydrogen-bond donors (Lipinski definition) is 8. The molecule has 0 saturated carbocycles. The van der Waals surface area contributed by atoms with Crippen LogP contribution in [0.4, 0.5) is 0 Å². The van der Waals surface area contributed by atoms with Crippen molar-refractivity contribution in [2.24, 2.45) is 33.7 Å². The number of nitrogens with one attached hydrogen (secondary N) is 3. The summed E-state index contributed by atoms with van der Waals surface area (Å²) < 4.78 is 0. The van der Waals surface area contributed by atoms with Gasteiger partial charge in [-0.05, 0) is 49.8 Å². The molecule has 2 aromatic carbocycles. The van der Waals surface area contributed by atoms with Gasteiger partial charge in [-0.25, -0.2) is 0 Å². The molecule has 0 aliphatic carbocycles. The first-order valence-corrected chi connectivity index (χ1v) is 12.8. The summed E-state index contributed by atoms with van der Waals surface area (Å²) in [5.41, 5.74) is 29.6. The van der Waals surface area contributed by atoms with Crippen LogP contribution in [0.2, 0.25) is 0 Å². The summed E-state index contributed by atoms with van der Waals surface area (Å²) in [6, 6.07) is 14.5. The van der Waals surface area contributed by atoms with E-state index >= 15 is 0 Å². The van der Waals surface area contributed by atoms with Gasteiger partial charge in [0.1, 0.15) is 17.9 Å². The average Bonchev–Trinajstić information content (AvgIpc) is 2.91. The van der Waals surface area contributed by atoms with Gasteiger partial charge in [-0.15, -0.1) is 0 Å². The maximum Gasteiger partial charge on any atom is 0.243 e. The Morgan fingerprint density at radius 2 is 1.44 bits per heavy atom. The van der Waals surface area contributed by atoms with Gasteiger partial charge in [0.25, 0.3) is 0 Å². The highest BCUT2D eigenvalue weighted by atomic mass is 16.2.